The summed E-state index contributed by atoms with van der Waals surface area (Å²) in [6, 6.07) is 0. The van der Waals surface area contributed by atoms with E-state index in [0.717, 1.165) is 25.7 Å². The maximum Gasteiger partial charge on any atom is 0.410 e. The minimum atomic E-state index is -0.702. The lowest BCUT2D eigenvalue weighted by molar-refractivity contribution is -0.158. The molecule has 1 aliphatic rings. The molecule has 6 nitrogen and oxygen atoms in total. The molecule has 0 bridgehead atoms. The molecule has 1 saturated carbocycles. The Kier molecular flexibility index (Phi) is 6.49. The van der Waals surface area contributed by atoms with Crippen LogP contribution < -0.4 is 5.32 Å². The van der Waals surface area contributed by atoms with Gasteiger partial charge in [0.2, 0.25) is 6.79 Å². The number of nitrogens with one attached hydrogen (secondary N) is 1. The second-order valence-corrected chi connectivity index (χ2v) is 4.58. The summed E-state index contributed by atoms with van der Waals surface area (Å²) in [6.07, 6.45) is 3.64. The van der Waals surface area contributed by atoms with Crippen molar-refractivity contribution in [3.05, 3.63) is 0 Å². The summed E-state index contributed by atoms with van der Waals surface area (Å²) in [7, 11) is 0. The number of ether oxygens (including phenoxy) is 2. The Morgan fingerprint density at radius 3 is 2.56 bits per heavy atom. The average molecular weight is 259 g/mol. The predicted molar refractivity (Wildman–Crippen MR) is 63.7 cm³/mol. The van der Waals surface area contributed by atoms with E-state index in [2.05, 4.69) is 10.1 Å². The van der Waals surface area contributed by atoms with Crippen LogP contribution in [0.2, 0.25) is 0 Å². The van der Waals surface area contributed by atoms with Crippen LogP contribution in [-0.2, 0) is 14.3 Å². The van der Waals surface area contributed by atoms with E-state index < -0.39 is 12.2 Å². The fourth-order valence-corrected chi connectivity index (χ4v) is 1.88. The number of carbonyl (C=O) groups excluding carboxylic acids is 2. The van der Waals surface area contributed by atoms with Gasteiger partial charge >= 0.3 is 12.1 Å². The second kappa shape index (κ2) is 7.92. The fraction of sp³-hybridized carbons (Fsp3) is 0.833. The molecule has 6 heteroatoms. The monoisotopic (exact) mass is 259 g/mol. The van der Waals surface area contributed by atoms with E-state index >= 15 is 0 Å². The van der Waals surface area contributed by atoms with Gasteiger partial charge in [0.05, 0.1) is 12.0 Å². The van der Waals surface area contributed by atoms with E-state index in [-0.39, 0.29) is 25.2 Å². The molecule has 0 unspecified atom stereocenters. The van der Waals surface area contributed by atoms with Crippen LogP contribution >= 0.6 is 0 Å². The van der Waals surface area contributed by atoms with Crippen molar-refractivity contribution in [3.8, 4) is 0 Å². The Morgan fingerprint density at radius 1 is 1.28 bits per heavy atom. The standard InChI is InChI=1S/C12H21NO5/c1-9(14)7-13-12(16)18-8-17-11(15)10-5-3-2-4-6-10/h9-10,14H,2-8H2,1H3,(H,13,16)/t9-/m0/s1. The minimum Gasteiger partial charge on any atom is -0.428 e. The lowest BCUT2D eigenvalue weighted by atomic mass is 9.89. The van der Waals surface area contributed by atoms with Crippen molar-refractivity contribution in [1.82, 2.24) is 5.32 Å². The van der Waals surface area contributed by atoms with E-state index in [1.807, 2.05) is 0 Å². The van der Waals surface area contributed by atoms with Gasteiger partial charge in [0.15, 0.2) is 0 Å². The van der Waals surface area contributed by atoms with Gasteiger partial charge in [-0.25, -0.2) is 4.79 Å². The third-order valence-corrected chi connectivity index (χ3v) is 2.87. The lowest BCUT2D eigenvalue weighted by Crippen LogP contribution is -2.32. The summed E-state index contributed by atoms with van der Waals surface area (Å²) in [5.74, 6) is -0.346. The first-order valence-corrected chi connectivity index (χ1v) is 6.35. The first-order chi connectivity index (χ1) is 8.59. The Balaban J connectivity index is 2.09. The van der Waals surface area contributed by atoms with Crippen molar-refractivity contribution in [1.29, 1.82) is 0 Å². The predicted octanol–water partition coefficient (Wildman–Crippen LogP) is 1.17. The number of carbonyl (C=O) groups is 2. The molecular formula is C12H21NO5. The smallest absolute Gasteiger partial charge is 0.410 e. The van der Waals surface area contributed by atoms with Gasteiger partial charge in [0.1, 0.15) is 0 Å². The molecule has 1 rings (SSSR count). The average Bonchev–Trinajstić information content (AvgIpc) is 2.37. The van der Waals surface area contributed by atoms with Crippen LogP contribution in [0.1, 0.15) is 39.0 Å². The zero-order chi connectivity index (χ0) is 13.4. The van der Waals surface area contributed by atoms with Gasteiger partial charge < -0.3 is 19.9 Å². The zero-order valence-electron chi connectivity index (χ0n) is 10.7. The van der Waals surface area contributed by atoms with Crippen molar-refractivity contribution in [3.63, 3.8) is 0 Å². The normalized spacial score (nSPS) is 17.9. The highest BCUT2D eigenvalue weighted by Gasteiger charge is 2.22. The SMILES string of the molecule is C[C@H](O)CNC(=O)OCOC(=O)C1CCCCC1. The molecule has 1 atom stereocenters. The van der Waals surface area contributed by atoms with Gasteiger partial charge in [-0.05, 0) is 19.8 Å². The molecule has 0 spiro atoms. The zero-order valence-corrected chi connectivity index (χ0v) is 10.7. The van der Waals surface area contributed by atoms with Gasteiger partial charge in [-0.3, -0.25) is 4.79 Å². The molecule has 1 aliphatic carbocycles. The number of rotatable bonds is 5. The van der Waals surface area contributed by atoms with Crippen LogP contribution in [0.4, 0.5) is 4.79 Å². The number of aliphatic hydroxyl groups is 1. The molecule has 0 heterocycles. The number of aliphatic hydroxyl groups excluding tert-OH is 1. The summed E-state index contributed by atoms with van der Waals surface area (Å²) in [4.78, 5) is 22.6. The second-order valence-electron chi connectivity index (χ2n) is 4.58. The topological polar surface area (TPSA) is 84.9 Å². The summed E-state index contributed by atoms with van der Waals surface area (Å²) < 4.78 is 9.52. The first-order valence-electron chi connectivity index (χ1n) is 6.35. The fourth-order valence-electron chi connectivity index (χ4n) is 1.88. The Labute approximate surface area is 107 Å². The molecule has 0 aromatic heterocycles. The highest BCUT2D eigenvalue weighted by Crippen LogP contribution is 2.24. The molecule has 1 amide bonds. The van der Waals surface area contributed by atoms with Crippen LogP contribution in [0.25, 0.3) is 0 Å². The number of amides is 1. The van der Waals surface area contributed by atoms with Crippen molar-refractivity contribution >= 4 is 12.1 Å². The van der Waals surface area contributed by atoms with Crippen molar-refractivity contribution in [2.45, 2.75) is 45.1 Å². The Morgan fingerprint density at radius 2 is 1.94 bits per heavy atom. The van der Waals surface area contributed by atoms with Crippen LogP contribution in [0.15, 0.2) is 0 Å². The maximum atomic E-state index is 11.6. The van der Waals surface area contributed by atoms with Crippen molar-refractivity contribution < 1.29 is 24.2 Å². The van der Waals surface area contributed by atoms with Gasteiger partial charge in [-0.2, -0.15) is 0 Å². The van der Waals surface area contributed by atoms with E-state index in [1.54, 1.807) is 6.92 Å². The molecule has 2 N–H and O–H groups in total. The Hall–Kier alpha value is -1.30. The van der Waals surface area contributed by atoms with Gasteiger partial charge in [-0.1, -0.05) is 19.3 Å². The number of alkyl carbamates (subject to hydrolysis) is 1. The molecule has 0 aromatic rings. The molecule has 0 saturated heterocycles. The van der Waals surface area contributed by atoms with E-state index in [4.69, 9.17) is 9.84 Å². The maximum absolute atomic E-state index is 11.6. The Bertz CT molecular complexity index is 274. The quantitative estimate of drug-likeness (QED) is 0.572. The third kappa shape index (κ3) is 5.86. The number of hydrogen-bond donors (Lipinski definition) is 2. The van der Waals surface area contributed by atoms with Crippen LogP contribution in [-0.4, -0.2) is 36.6 Å². The highest BCUT2D eigenvalue weighted by atomic mass is 16.7. The number of esters is 1. The van der Waals surface area contributed by atoms with E-state index in [0.29, 0.717) is 0 Å². The molecule has 0 radical (unpaired) electrons. The summed E-state index contributed by atoms with van der Waals surface area (Å²) in [5, 5.41) is 11.3. The van der Waals surface area contributed by atoms with Gasteiger partial charge in [-0.15, -0.1) is 0 Å². The molecule has 104 valence electrons. The summed E-state index contributed by atoms with van der Waals surface area (Å²) in [6.45, 7) is 1.28. The molecule has 0 aliphatic heterocycles. The van der Waals surface area contributed by atoms with E-state index in [1.165, 1.54) is 6.42 Å². The van der Waals surface area contributed by atoms with E-state index in [9.17, 15) is 9.59 Å². The first kappa shape index (κ1) is 14.8. The number of hydrogen-bond acceptors (Lipinski definition) is 5. The summed E-state index contributed by atoms with van der Waals surface area (Å²) >= 11 is 0. The molecule has 18 heavy (non-hydrogen) atoms. The molecular weight excluding hydrogens is 238 g/mol. The van der Waals surface area contributed by atoms with Crippen molar-refractivity contribution in [2.24, 2.45) is 5.92 Å². The van der Waals surface area contributed by atoms with Crippen LogP contribution in [0.3, 0.4) is 0 Å². The lowest BCUT2D eigenvalue weighted by Gasteiger charge is -2.19. The third-order valence-electron chi connectivity index (χ3n) is 2.87. The highest BCUT2D eigenvalue weighted by molar-refractivity contribution is 5.72. The largest absolute Gasteiger partial charge is 0.428 e. The minimum absolute atomic E-state index is 0.0529. The van der Waals surface area contributed by atoms with Gasteiger partial charge in [0.25, 0.3) is 0 Å². The summed E-state index contributed by atoms with van der Waals surface area (Å²) in [5.41, 5.74) is 0. The van der Waals surface area contributed by atoms with Gasteiger partial charge in [0, 0.05) is 6.54 Å². The van der Waals surface area contributed by atoms with Crippen molar-refractivity contribution in [2.75, 3.05) is 13.3 Å². The molecule has 0 aromatic carbocycles. The molecule has 1 fully saturated rings. The van der Waals surface area contributed by atoms with Crippen LogP contribution in [0, 0.1) is 5.92 Å². The van der Waals surface area contributed by atoms with Crippen LogP contribution in [0.5, 0.6) is 0 Å².